The number of hydrogen-bond donors (Lipinski definition) is 3. The number of aliphatic hydroxyl groups is 1. The number of carbonyl (C=O) groups is 1. The van der Waals surface area contributed by atoms with Crippen molar-refractivity contribution in [2.75, 3.05) is 13.1 Å². The Labute approximate surface area is 85.1 Å². The van der Waals surface area contributed by atoms with Gasteiger partial charge >= 0.3 is 0 Å². The van der Waals surface area contributed by atoms with E-state index >= 15 is 0 Å². The highest BCUT2D eigenvalue weighted by atomic mass is 16.3. The van der Waals surface area contributed by atoms with Crippen LogP contribution in [-0.2, 0) is 4.79 Å². The summed E-state index contributed by atoms with van der Waals surface area (Å²) in [5.74, 6) is 0.262. The molecule has 4 heteroatoms. The summed E-state index contributed by atoms with van der Waals surface area (Å²) < 4.78 is 0. The normalized spacial score (nSPS) is 18.3. The van der Waals surface area contributed by atoms with Crippen LogP contribution < -0.4 is 10.6 Å². The molecule has 0 spiro atoms. The zero-order valence-corrected chi connectivity index (χ0v) is 8.92. The van der Waals surface area contributed by atoms with Crippen LogP contribution in [0.4, 0.5) is 0 Å². The van der Waals surface area contributed by atoms with Gasteiger partial charge in [-0.3, -0.25) is 4.79 Å². The number of amides is 1. The molecule has 1 aliphatic rings. The zero-order valence-electron chi connectivity index (χ0n) is 8.92. The molecule has 1 amide bonds. The van der Waals surface area contributed by atoms with Crippen molar-refractivity contribution in [3.05, 3.63) is 0 Å². The first-order valence-electron chi connectivity index (χ1n) is 5.27. The Bertz CT molecular complexity index is 191. The van der Waals surface area contributed by atoms with Crippen molar-refractivity contribution in [3.8, 4) is 0 Å². The van der Waals surface area contributed by atoms with Crippen molar-refractivity contribution in [1.29, 1.82) is 0 Å². The van der Waals surface area contributed by atoms with Crippen molar-refractivity contribution >= 4 is 5.91 Å². The van der Waals surface area contributed by atoms with Crippen LogP contribution in [-0.4, -0.2) is 36.2 Å². The van der Waals surface area contributed by atoms with E-state index in [-0.39, 0.29) is 17.9 Å². The number of hydrogen-bond acceptors (Lipinski definition) is 3. The second kappa shape index (κ2) is 5.32. The summed E-state index contributed by atoms with van der Waals surface area (Å²) in [7, 11) is 0. The van der Waals surface area contributed by atoms with Gasteiger partial charge in [-0.1, -0.05) is 13.8 Å². The van der Waals surface area contributed by atoms with Gasteiger partial charge in [0.2, 0.25) is 5.91 Å². The molecule has 0 aliphatic heterocycles. The van der Waals surface area contributed by atoms with Crippen LogP contribution in [0.3, 0.4) is 0 Å². The quantitative estimate of drug-likeness (QED) is 0.560. The second-order valence-corrected chi connectivity index (χ2v) is 4.28. The molecule has 4 nitrogen and oxygen atoms in total. The fourth-order valence-electron chi connectivity index (χ4n) is 1.08. The molecule has 0 aromatic heterocycles. The van der Waals surface area contributed by atoms with Gasteiger partial charge in [0.1, 0.15) is 0 Å². The van der Waals surface area contributed by atoms with Crippen LogP contribution in [0.1, 0.15) is 26.7 Å². The monoisotopic (exact) mass is 200 g/mol. The van der Waals surface area contributed by atoms with Crippen molar-refractivity contribution in [3.63, 3.8) is 0 Å². The molecule has 0 radical (unpaired) electrons. The molecule has 1 fully saturated rings. The maximum absolute atomic E-state index is 11.2. The summed E-state index contributed by atoms with van der Waals surface area (Å²) in [4.78, 5) is 11.2. The Morgan fingerprint density at radius 3 is 2.64 bits per heavy atom. The van der Waals surface area contributed by atoms with E-state index in [4.69, 9.17) is 0 Å². The number of aliphatic hydroxyl groups excluding tert-OH is 1. The van der Waals surface area contributed by atoms with E-state index in [0.29, 0.717) is 19.1 Å². The van der Waals surface area contributed by atoms with Gasteiger partial charge in [-0.2, -0.15) is 0 Å². The van der Waals surface area contributed by atoms with E-state index in [1.807, 2.05) is 13.8 Å². The van der Waals surface area contributed by atoms with Crippen LogP contribution >= 0.6 is 0 Å². The third-order valence-electron chi connectivity index (χ3n) is 2.35. The second-order valence-electron chi connectivity index (χ2n) is 4.28. The first-order chi connectivity index (χ1) is 6.59. The Balaban J connectivity index is 1.99. The first kappa shape index (κ1) is 11.5. The summed E-state index contributed by atoms with van der Waals surface area (Å²) in [6.07, 6.45) is 1.85. The Morgan fingerprint density at radius 1 is 1.50 bits per heavy atom. The molecule has 0 bridgehead atoms. The highest BCUT2D eigenvalue weighted by Crippen LogP contribution is 2.18. The lowest BCUT2D eigenvalue weighted by molar-refractivity contribution is -0.120. The Kier molecular flexibility index (Phi) is 4.35. The van der Waals surface area contributed by atoms with Gasteiger partial charge in [-0.05, 0) is 18.8 Å². The van der Waals surface area contributed by atoms with Crippen LogP contribution in [0.15, 0.2) is 0 Å². The fraction of sp³-hybridized carbons (Fsp3) is 0.900. The van der Waals surface area contributed by atoms with Crippen molar-refractivity contribution in [2.45, 2.75) is 38.8 Å². The average molecular weight is 200 g/mol. The molecule has 1 aliphatic carbocycles. The lowest BCUT2D eigenvalue weighted by Crippen LogP contribution is -2.39. The van der Waals surface area contributed by atoms with Gasteiger partial charge in [0.05, 0.1) is 12.6 Å². The highest BCUT2D eigenvalue weighted by molar-refractivity contribution is 5.78. The van der Waals surface area contributed by atoms with Crippen LogP contribution in [0.5, 0.6) is 0 Å². The molecular weight excluding hydrogens is 180 g/mol. The number of nitrogens with one attached hydrogen (secondary N) is 2. The third-order valence-corrected chi connectivity index (χ3v) is 2.35. The van der Waals surface area contributed by atoms with Gasteiger partial charge in [0.25, 0.3) is 0 Å². The molecule has 1 atom stereocenters. The predicted molar refractivity (Wildman–Crippen MR) is 54.9 cm³/mol. The summed E-state index contributed by atoms with van der Waals surface area (Å²) >= 11 is 0. The van der Waals surface area contributed by atoms with Gasteiger partial charge in [-0.15, -0.1) is 0 Å². The topological polar surface area (TPSA) is 61.4 Å². The maximum atomic E-state index is 11.2. The fourth-order valence-corrected chi connectivity index (χ4v) is 1.08. The number of rotatable bonds is 6. The molecule has 82 valence electrons. The van der Waals surface area contributed by atoms with Crippen molar-refractivity contribution < 1.29 is 9.90 Å². The summed E-state index contributed by atoms with van der Waals surface area (Å²) in [5.41, 5.74) is 0. The maximum Gasteiger partial charge on any atom is 0.234 e. The van der Waals surface area contributed by atoms with Crippen molar-refractivity contribution in [1.82, 2.24) is 10.6 Å². The van der Waals surface area contributed by atoms with Crippen LogP contribution in [0.2, 0.25) is 0 Å². The van der Waals surface area contributed by atoms with Gasteiger partial charge in [-0.25, -0.2) is 0 Å². The smallest absolute Gasteiger partial charge is 0.234 e. The zero-order chi connectivity index (χ0) is 10.6. The molecule has 3 N–H and O–H groups in total. The van der Waals surface area contributed by atoms with E-state index in [1.165, 1.54) is 0 Å². The Hall–Kier alpha value is -0.610. The lowest BCUT2D eigenvalue weighted by atomic mass is 10.1. The third kappa shape index (κ3) is 4.58. The number of carbonyl (C=O) groups excluding carboxylic acids is 1. The van der Waals surface area contributed by atoms with E-state index in [2.05, 4.69) is 10.6 Å². The minimum atomic E-state index is -0.372. The van der Waals surface area contributed by atoms with Gasteiger partial charge in [0, 0.05) is 12.6 Å². The summed E-state index contributed by atoms with van der Waals surface area (Å²) in [5, 5.41) is 15.3. The molecule has 0 heterocycles. The van der Waals surface area contributed by atoms with Crippen LogP contribution in [0, 0.1) is 5.92 Å². The van der Waals surface area contributed by atoms with Crippen molar-refractivity contribution in [2.24, 2.45) is 5.92 Å². The molecule has 0 aromatic rings. The highest BCUT2D eigenvalue weighted by Gasteiger charge is 2.22. The molecule has 1 unspecified atom stereocenters. The summed E-state index contributed by atoms with van der Waals surface area (Å²) in [6.45, 7) is 4.70. The molecule has 14 heavy (non-hydrogen) atoms. The van der Waals surface area contributed by atoms with Crippen LogP contribution in [0.25, 0.3) is 0 Å². The minimum absolute atomic E-state index is 0.0310. The average Bonchev–Trinajstić information content (AvgIpc) is 2.87. The van der Waals surface area contributed by atoms with E-state index in [9.17, 15) is 9.90 Å². The minimum Gasteiger partial charge on any atom is -0.392 e. The molecule has 0 saturated heterocycles. The summed E-state index contributed by atoms with van der Waals surface area (Å²) in [6, 6.07) is 0.416. The molecular formula is C10H20N2O2. The standard InChI is InChI=1S/C10H20N2O2/c1-7(2)9(13)5-11-6-10(14)12-8-3-4-8/h7-9,11,13H,3-6H2,1-2H3,(H,12,14). The largest absolute Gasteiger partial charge is 0.392 e. The van der Waals surface area contributed by atoms with E-state index in [1.54, 1.807) is 0 Å². The molecule has 0 aromatic carbocycles. The van der Waals surface area contributed by atoms with E-state index in [0.717, 1.165) is 12.8 Å². The molecule has 1 saturated carbocycles. The Morgan fingerprint density at radius 2 is 2.14 bits per heavy atom. The van der Waals surface area contributed by atoms with Gasteiger partial charge < -0.3 is 15.7 Å². The SMILES string of the molecule is CC(C)C(O)CNCC(=O)NC1CC1. The van der Waals surface area contributed by atoms with E-state index < -0.39 is 0 Å². The lowest BCUT2D eigenvalue weighted by Gasteiger charge is -2.14. The molecule has 1 rings (SSSR count). The predicted octanol–water partition coefficient (Wildman–Crippen LogP) is -0.128. The first-order valence-corrected chi connectivity index (χ1v) is 5.27. The van der Waals surface area contributed by atoms with Gasteiger partial charge in [0.15, 0.2) is 0 Å².